The molecule has 3 heterocycles. The van der Waals surface area contributed by atoms with Crippen molar-refractivity contribution in [3.8, 4) is 0 Å². The molecule has 0 N–H and O–H groups in total. The summed E-state index contributed by atoms with van der Waals surface area (Å²) in [5.41, 5.74) is 3.51. The Labute approximate surface area is 179 Å². The summed E-state index contributed by atoms with van der Waals surface area (Å²) in [6.07, 6.45) is 2.68. The van der Waals surface area contributed by atoms with E-state index in [-0.39, 0.29) is 23.7 Å². The summed E-state index contributed by atoms with van der Waals surface area (Å²) in [5, 5.41) is 0.571. The normalized spacial score (nSPS) is 21.9. The fourth-order valence-corrected chi connectivity index (χ4v) is 5.12. The maximum absolute atomic E-state index is 13.2. The van der Waals surface area contributed by atoms with Crippen LogP contribution < -0.4 is 10.7 Å². The van der Waals surface area contributed by atoms with Crippen molar-refractivity contribution in [3.05, 3.63) is 63.6 Å². The molecule has 0 bridgehead atoms. The van der Waals surface area contributed by atoms with E-state index in [2.05, 4.69) is 17.9 Å². The van der Waals surface area contributed by atoms with Crippen LogP contribution in [-0.4, -0.2) is 41.1 Å². The average Bonchev–Trinajstić information content (AvgIpc) is 3.23. The minimum absolute atomic E-state index is 0.0398. The Hall–Kier alpha value is -2.57. The van der Waals surface area contributed by atoms with Gasteiger partial charge in [-0.3, -0.25) is 14.3 Å². The molecule has 156 valence electrons. The van der Waals surface area contributed by atoms with Gasteiger partial charge in [-0.25, -0.2) is 4.79 Å². The number of carbonyl (C=O) groups excluding carboxylic acids is 1. The van der Waals surface area contributed by atoms with Crippen LogP contribution in [0.1, 0.15) is 31.4 Å². The van der Waals surface area contributed by atoms with Crippen molar-refractivity contribution in [2.24, 2.45) is 0 Å². The van der Waals surface area contributed by atoms with Gasteiger partial charge < -0.3 is 9.32 Å². The van der Waals surface area contributed by atoms with Gasteiger partial charge in [0.25, 0.3) is 0 Å². The van der Waals surface area contributed by atoms with E-state index >= 15 is 0 Å². The van der Waals surface area contributed by atoms with Gasteiger partial charge in [0.05, 0.1) is 18.1 Å². The number of aromatic nitrogens is 1. The second kappa shape index (κ2) is 7.60. The highest BCUT2D eigenvalue weighted by molar-refractivity contribution is 6.31. The van der Waals surface area contributed by atoms with Gasteiger partial charge in [-0.1, -0.05) is 29.8 Å². The van der Waals surface area contributed by atoms with E-state index < -0.39 is 0 Å². The summed E-state index contributed by atoms with van der Waals surface area (Å²) in [5.74, 6) is -0.256. The number of halogens is 1. The average molecular weight is 426 g/mol. The van der Waals surface area contributed by atoms with Gasteiger partial charge in [0.2, 0.25) is 5.91 Å². The number of nitrogens with zero attached hydrogens (tertiary/aromatic N) is 3. The molecule has 1 saturated heterocycles. The SMILES string of the molecule is C[C@@H]1Cc2ccccc2N1C(=O)CN1CCC[C@@H](n2c(=O)oc3ccc(Cl)cc32)C1. The van der Waals surface area contributed by atoms with Crippen LogP contribution in [0.4, 0.5) is 5.69 Å². The van der Waals surface area contributed by atoms with Crippen molar-refractivity contribution in [1.82, 2.24) is 9.47 Å². The highest BCUT2D eigenvalue weighted by Crippen LogP contribution is 2.32. The summed E-state index contributed by atoms with van der Waals surface area (Å²) in [7, 11) is 0. The first-order valence-corrected chi connectivity index (χ1v) is 10.8. The van der Waals surface area contributed by atoms with Crippen LogP contribution >= 0.6 is 11.6 Å². The summed E-state index contributed by atoms with van der Waals surface area (Å²) < 4.78 is 7.11. The minimum atomic E-state index is -0.368. The summed E-state index contributed by atoms with van der Waals surface area (Å²) >= 11 is 6.15. The predicted octanol–water partition coefficient (Wildman–Crippen LogP) is 3.86. The van der Waals surface area contributed by atoms with Gasteiger partial charge in [-0.2, -0.15) is 0 Å². The van der Waals surface area contributed by atoms with E-state index in [0.29, 0.717) is 29.2 Å². The zero-order valence-electron chi connectivity index (χ0n) is 16.9. The largest absolute Gasteiger partial charge is 0.420 e. The Kier molecular flexibility index (Phi) is 4.91. The second-order valence-electron chi connectivity index (χ2n) is 8.33. The molecule has 2 aliphatic heterocycles. The second-order valence-corrected chi connectivity index (χ2v) is 8.76. The molecule has 0 radical (unpaired) electrons. The van der Waals surface area contributed by atoms with Crippen molar-refractivity contribution in [2.45, 2.75) is 38.3 Å². The molecule has 2 aromatic carbocycles. The molecule has 30 heavy (non-hydrogen) atoms. The number of rotatable bonds is 3. The van der Waals surface area contributed by atoms with E-state index in [9.17, 15) is 9.59 Å². The molecule has 3 aromatic rings. The molecule has 1 amide bonds. The first-order chi connectivity index (χ1) is 14.5. The Morgan fingerprint density at radius 1 is 1.23 bits per heavy atom. The fourth-order valence-electron chi connectivity index (χ4n) is 4.95. The number of amides is 1. The van der Waals surface area contributed by atoms with Gasteiger partial charge in [0.1, 0.15) is 0 Å². The number of likely N-dealkylation sites (tertiary alicyclic amines) is 1. The van der Waals surface area contributed by atoms with Crippen molar-refractivity contribution in [1.29, 1.82) is 0 Å². The molecule has 0 spiro atoms. The molecule has 5 rings (SSSR count). The standard InChI is InChI=1S/C23H24ClN3O3/c1-15-11-16-5-2-3-7-19(16)26(15)22(28)14-25-10-4-6-18(13-25)27-20-12-17(24)8-9-21(20)30-23(27)29/h2-3,5,7-9,12,15,18H,4,6,10-11,13-14H2,1H3/t15-,18-/m1/s1. The number of para-hydroxylation sites is 1. The van der Waals surface area contributed by atoms with Crippen LogP contribution in [0.5, 0.6) is 0 Å². The van der Waals surface area contributed by atoms with E-state index in [4.69, 9.17) is 16.0 Å². The Balaban J connectivity index is 1.36. The van der Waals surface area contributed by atoms with E-state index in [0.717, 1.165) is 31.5 Å². The van der Waals surface area contributed by atoms with Gasteiger partial charge in [0, 0.05) is 23.3 Å². The topological polar surface area (TPSA) is 58.7 Å². The van der Waals surface area contributed by atoms with Crippen LogP contribution in [-0.2, 0) is 11.2 Å². The predicted molar refractivity (Wildman–Crippen MR) is 117 cm³/mol. The molecular formula is C23H24ClN3O3. The fraction of sp³-hybridized carbons (Fsp3) is 0.391. The number of piperidine rings is 1. The highest BCUT2D eigenvalue weighted by Gasteiger charge is 2.33. The number of carbonyl (C=O) groups is 1. The van der Waals surface area contributed by atoms with Crippen molar-refractivity contribution >= 4 is 34.3 Å². The Morgan fingerprint density at radius 3 is 2.93 bits per heavy atom. The van der Waals surface area contributed by atoms with Crippen LogP contribution in [0.3, 0.4) is 0 Å². The van der Waals surface area contributed by atoms with Crippen LogP contribution in [0.15, 0.2) is 51.7 Å². The number of hydrogen-bond acceptors (Lipinski definition) is 4. The van der Waals surface area contributed by atoms with E-state index in [1.807, 2.05) is 23.1 Å². The number of fused-ring (bicyclic) bond motifs is 2. The smallest absolute Gasteiger partial charge is 0.408 e. The minimum Gasteiger partial charge on any atom is -0.408 e. The van der Waals surface area contributed by atoms with Crippen LogP contribution in [0.25, 0.3) is 11.1 Å². The lowest BCUT2D eigenvalue weighted by Crippen LogP contribution is -2.47. The Bertz CT molecular complexity index is 1170. The molecule has 6 nitrogen and oxygen atoms in total. The first-order valence-electron chi connectivity index (χ1n) is 10.4. The van der Waals surface area contributed by atoms with Crippen molar-refractivity contribution in [2.75, 3.05) is 24.5 Å². The van der Waals surface area contributed by atoms with Crippen molar-refractivity contribution in [3.63, 3.8) is 0 Å². The van der Waals surface area contributed by atoms with Gasteiger partial charge in [-0.05, 0) is 62.6 Å². The van der Waals surface area contributed by atoms with E-state index in [1.54, 1.807) is 22.8 Å². The molecule has 0 unspecified atom stereocenters. The lowest BCUT2D eigenvalue weighted by molar-refractivity contribution is -0.120. The van der Waals surface area contributed by atoms with Crippen LogP contribution in [0, 0.1) is 0 Å². The third-order valence-electron chi connectivity index (χ3n) is 6.26. The lowest BCUT2D eigenvalue weighted by atomic mass is 10.1. The van der Waals surface area contributed by atoms with Crippen molar-refractivity contribution < 1.29 is 9.21 Å². The number of hydrogen-bond donors (Lipinski definition) is 0. The first kappa shape index (κ1) is 19.4. The molecule has 0 aliphatic carbocycles. The molecule has 2 atom stereocenters. The number of oxazole rings is 1. The maximum atomic E-state index is 13.2. The van der Waals surface area contributed by atoms with Crippen LogP contribution in [0.2, 0.25) is 5.02 Å². The molecule has 2 aliphatic rings. The lowest BCUT2D eigenvalue weighted by Gasteiger charge is -2.34. The monoisotopic (exact) mass is 425 g/mol. The molecular weight excluding hydrogens is 402 g/mol. The summed E-state index contributed by atoms with van der Waals surface area (Å²) in [6, 6.07) is 13.5. The molecule has 1 fully saturated rings. The zero-order chi connectivity index (χ0) is 20.8. The molecule has 1 aromatic heterocycles. The number of benzene rings is 2. The summed E-state index contributed by atoms with van der Waals surface area (Å²) in [4.78, 5) is 29.8. The Morgan fingerprint density at radius 2 is 2.07 bits per heavy atom. The molecule has 7 heteroatoms. The van der Waals surface area contributed by atoms with Gasteiger partial charge >= 0.3 is 5.76 Å². The molecule has 0 saturated carbocycles. The quantitative estimate of drug-likeness (QED) is 0.639. The third-order valence-corrected chi connectivity index (χ3v) is 6.49. The van der Waals surface area contributed by atoms with E-state index in [1.165, 1.54) is 5.56 Å². The van der Waals surface area contributed by atoms with Gasteiger partial charge in [-0.15, -0.1) is 0 Å². The zero-order valence-corrected chi connectivity index (χ0v) is 17.6. The number of anilines is 1. The maximum Gasteiger partial charge on any atom is 0.420 e. The highest BCUT2D eigenvalue weighted by atomic mass is 35.5. The van der Waals surface area contributed by atoms with Gasteiger partial charge in [0.15, 0.2) is 5.58 Å². The summed E-state index contributed by atoms with van der Waals surface area (Å²) in [6.45, 7) is 3.92. The third kappa shape index (κ3) is 3.34.